The van der Waals surface area contributed by atoms with Crippen LogP contribution in [-0.4, -0.2) is 71.5 Å². The number of carbonyl (C=O) groups excluding carboxylic acids is 2. The van der Waals surface area contributed by atoms with Crippen molar-refractivity contribution in [3.8, 4) is 0 Å². The van der Waals surface area contributed by atoms with E-state index in [9.17, 15) is 14.0 Å². The summed E-state index contributed by atoms with van der Waals surface area (Å²) in [4.78, 5) is 31.1. The van der Waals surface area contributed by atoms with Crippen LogP contribution in [0.2, 0.25) is 0 Å². The molecule has 1 atom stereocenters. The Bertz CT molecular complexity index is 913. The average molecular weight is 428 g/mol. The van der Waals surface area contributed by atoms with E-state index in [2.05, 4.69) is 30.0 Å². The summed E-state index contributed by atoms with van der Waals surface area (Å²) in [6, 6.07) is 14.1. The molecular formula is C23H26FN3O2S. The van der Waals surface area contributed by atoms with Crippen molar-refractivity contribution in [2.45, 2.75) is 12.3 Å². The normalized spacial score (nSPS) is 20.1. The van der Waals surface area contributed by atoms with E-state index in [4.69, 9.17) is 0 Å². The van der Waals surface area contributed by atoms with Crippen molar-refractivity contribution in [2.75, 3.05) is 45.0 Å². The number of aryl methyl sites for hydroxylation is 1. The molecule has 5 nitrogen and oxygen atoms in total. The molecule has 2 heterocycles. The Labute approximate surface area is 180 Å². The van der Waals surface area contributed by atoms with Crippen molar-refractivity contribution >= 4 is 23.6 Å². The van der Waals surface area contributed by atoms with Gasteiger partial charge in [0, 0.05) is 44.8 Å². The third-order valence-corrected chi connectivity index (χ3v) is 6.96. The van der Waals surface area contributed by atoms with Gasteiger partial charge in [0.2, 0.25) is 5.91 Å². The third-order valence-electron chi connectivity index (χ3n) is 5.70. The van der Waals surface area contributed by atoms with Crippen molar-refractivity contribution in [2.24, 2.45) is 0 Å². The number of thioether (sulfide) groups is 1. The molecule has 7 heteroatoms. The minimum atomic E-state index is -0.338. The summed E-state index contributed by atoms with van der Waals surface area (Å²) in [5.74, 6) is 0.324. The lowest BCUT2D eigenvalue weighted by Crippen LogP contribution is -2.50. The van der Waals surface area contributed by atoms with E-state index in [1.807, 2.05) is 15.9 Å². The van der Waals surface area contributed by atoms with Crippen molar-refractivity contribution in [1.82, 2.24) is 14.7 Å². The molecule has 2 aliphatic heterocycles. The summed E-state index contributed by atoms with van der Waals surface area (Å²) in [6.45, 7) is 6.39. The number of nitrogens with zero attached hydrogens (tertiary/aromatic N) is 3. The van der Waals surface area contributed by atoms with Crippen molar-refractivity contribution < 1.29 is 14.0 Å². The van der Waals surface area contributed by atoms with Crippen LogP contribution in [-0.2, 0) is 4.79 Å². The number of hydrogen-bond donors (Lipinski definition) is 0. The first-order valence-corrected chi connectivity index (χ1v) is 11.3. The van der Waals surface area contributed by atoms with Crippen LogP contribution in [0.5, 0.6) is 0 Å². The van der Waals surface area contributed by atoms with Gasteiger partial charge >= 0.3 is 0 Å². The van der Waals surface area contributed by atoms with Gasteiger partial charge in [-0.15, -0.1) is 11.8 Å². The minimum Gasteiger partial charge on any atom is -0.336 e. The van der Waals surface area contributed by atoms with Gasteiger partial charge in [-0.3, -0.25) is 14.5 Å². The smallest absolute Gasteiger partial charge is 0.253 e. The van der Waals surface area contributed by atoms with Gasteiger partial charge < -0.3 is 9.80 Å². The molecule has 0 bridgehead atoms. The average Bonchev–Trinajstić information content (AvgIpc) is 3.13. The molecule has 0 aliphatic carbocycles. The standard InChI is InChI=1S/C23H26FN3O2S/c1-17-3-2-4-19(15-17)23-27(21(28)16-30-23)14-11-25-9-12-26(13-10-25)22(29)18-5-7-20(24)8-6-18/h2-8,15,23H,9-14,16H2,1H3. The lowest BCUT2D eigenvalue weighted by molar-refractivity contribution is -0.128. The van der Waals surface area contributed by atoms with Gasteiger partial charge in [0.1, 0.15) is 11.2 Å². The Hall–Kier alpha value is -2.38. The highest BCUT2D eigenvalue weighted by Crippen LogP contribution is 2.38. The van der Waals surface area contributed by atoms with Gasteiger partial charge in [0.05, 0.1) is 5.75 Å². The van der Waals surface area contributed by atoms with E-state index in [1.54, 1.807) is 11.8 Å². The molecule has 2 aromatic rings. The van der Waals surface area contributed by atoms with Gasteiger partial charge in [0.15, 0.2) is 0 Å². The predicted octanol–water partition coefficient (Wildman–Crippen LogP) is 3.17. The van der Waals surface area contributed by atoms with Crippen LogP contribution in [0.1, 0.15) is 26.9 Å². The van der Waals surface area contributed by atoms with E-state index in [-0.39, 0.29) is 23.0 Å². The second-order valence-corrected chi connectivity index (χ2v) is 8.87. The summed E-state index contributed by atoms with van der Waals surface area (Å²) < 4.78 is 13.1. The largest absolute Gasteiger partial charge is 0.336 e. The van der Waals surface area contributed by atoms with Crippen LogP contribution in [0.15, 0.2) is 48.5 Å². The zero-order valence-corrected chi connectivity index (χ0v) is 17.9. The molecule has 0 N–H and O–H groups in total. The summed E-state index contributed by atoms with van der Waals surface area (Å²) >= 11 is 1.69. The van der Waals surface area contributed by atoms with E-state index in [0.29, 0.717) is 31.0 Å². The van der Waals surface area contributed by atoms with Gasteiger partial charge in [0.25, 0.3) is 5.91 Å². The molecule has 2 fully saturated rings. The maximum Gasteiger partial charge on any atom is 0.253 e. The van der Waals surface area contributed by atoms with Gasteiger partial charge in [-0.05, 0) is 36.8 Å². The van der Waals surface area contributed by atoms with E-state index < -0.39 is 0 Å². The van der Waals surface area contributed by atoms with Gasteiger partial charge in [-0.2, -0.15) is 0 Å². The van der Waals surface area contributed by atoms with Crippen LogP contribution in [0.25, 0.3) is 0 Å². The molecule has 158 valence electrons. The molecule has 2 aliphatic rings. The van der Waals surface area contributed by atoms with E-state index in [0.717, 1.165) is 19.6 Å². The highest BCUT2D eigenvalue weighted by molar-refractivity contribution is 8.00. The Morgan fingerprint density at radius 2 is 1.80 bits per heavy atom. The second kappa shape index (κ2) is 9.18. The molecule has 30 heavy (non-hydrogen) atoms. The van der Waals surface area contributed by atoms with Gasteiger partial charge in [-0.25, -0.2) is 4.39 Å². The molecule has 2 aromatic carbocycles. The summed E-state index contributed by atoms with van der Waals surface area (Å²) in [6.07, 6.45) is 0. The first-order chi connectivity index (χ1) is 14.5. The third kappa shape index (κ3) is 4.68. The molecule has 0 radical (unpaired) electrons. The maximum absolute atomic E-state index is 13.1. The summed E-state index contributed by atoms with van der Waals surface area (Å²) in [5, 5.41) is 0.0822. The molecule has 2 saturated heterocycles. The SMILES string of the molecule is Cc1cccc(C2SCC(=O)N2CCN2CCN(C(=O)c3ccc(F)cc3)CC2)c1. The molecule has 0 saturated carbocycles. The maximum atomic E-state index is 13.1. The van der Waals surface area contributed by atoms with Crippen LogP contribution in [0.3, 0.4) is 0 Å². The molecule has 4 rings (SSSR count). The minimum absolute atomic E-state index is 0.0553. The van der Waals surface area contributed by atoms with Crippen molar-refractivity contribution in [1.29, 1.82) is 0 Å². The fourth-order valence-corrected chi connectivity index (χ4v) is 5.20. The van der Waals surface area contributed by atoms with Crippen LogP contribution in [0.4, 0.5) is 4.39 Å². The molecule has 1 unspecified atom stereocenters. The van der Waals surface area contributed by atoms with Gasteiger partial charge in [-0.1, -0.05) is 29.8 Å². The van der Waals surface area contributed by atoms with Crippen LogP contribution in [0, 0.1) is 12.7 Å². The number of benzene rings is 2. The van der Waals surface area contributed by atoms with Crippen LogP contribution < -0.4 is 0 Å². The van der Waals surface area contributed by atoms with E-state index in [1.165, 1.54) is 35.4 Å². The monoisotopic (exact) mass is 427 g/mol. The number of piperazine rings is 1. The number of carbonyl (C=O) groups is 2. The van der Waals surface area contributed by atoms with E-state index >= 15 is 0 Å². The highest BCUT2D eigenvalue weighted by atomic mass is 32.2. The Kier molecular flexibility index (Phi) is 6.39. The predicted molar refractivity (Wildman–Crippen MR) is 117 cm³/mol. The van der Waals surface area contributed by atoms with Crippen molar-refractivity contribution in [3.05, 3.63) is 71.0 Å². The fraction of sp³-hybridized carbons (Fsp3) is 0.391. The number of halogens is 1. The quantitative estimate of drug-likeness (QED) is 0.735. The summed E-state index contributed by atoms with van der Waals surface area (Å²) in [7, 11) is 0. The zero-order valence-electron chi connectivity index (χ0n) is 17.1. The Balaban J connectivity index is 1.30. The highest BCUT2D eigenvalue weighted by Gasteiger charge is 2.33. The second-order valence-electron chi connectivity index (χ2n) is 7.81. The number of hydrogen-bond acceptors (Lipinski definition) is 4. The lowest BCUT2D eigenvalue weighted by atomic mass is 10.1. The number of rotatable bonds is 5. The topological polar surface area (TPSA) is 43.9 Å². The molecular weight excluding hydrogens is 401 g/mol. The van der Waals surface area contributed by atoms with Crippen LogP contribution >= 0.6 is 11.8 Å². The fourth-order valence-electron chi connectivity index (χ4n) is 3.99. The number of amides is 2. The Morgan fingerprint density at radius 1 is 1.07 bits per heavy atom. The molecule has 0 spiro atoms. The molecule has 0 aromatic heterocycles. The first-order valence-electron chi connectivity index (χ1n) is 10.3. The zero-order chi connectivity index (χ0) is 21.1. The van der Waals surface area contributed by atoms with Crippen molar-refractivity contribution in [3.63, 3.8) is 0 Å². The molecule has 2 amide bonds. The summed E-state index contributed by atoms with van der Waals surface area (Å²) in [5.41, 5.74) is 2.90. The Morgan fingerprint density at radius 3 is 2.50 bits per heavy atom. The first kappa shape index (κ1) is 20.9. The lowest BCUT2D eigenvalue weighted by Gasteiger charge is -2.36.